The molecular formula is C21H19ClFN5O2S. The second-order valence-electron chi connectivity index (χ2n) is 7.15. The Morgan fingerprint density at radius 3 is 2.61 bits per heavy atom. The Kier molecular flexibility index (Phi) is 6.15. The van der Waals surface area contributed by atoms with E-state index in [1.165, 1.54) is 6.07 Å². The van der Waals surface area contributed by atoms with Crippen molar-refractivity contribution in [2.45, 2.75) is 25.8 Å². The van der Waals surface area contributed by atoms with Gasteiger partial charge in [0.15, 0.2) is 0 Å². The lowest BCUT2D eigenvalue weighted by atomic mass is 10.2. The Labute approximate surface area is 187 Å². The van der Waals surface area contributed by atoms with Gasteiger partial charge in [-0.2, -0.15) is 0 Å². The van der Waals surface area contributed by atoms with E-state index < -0.39 is 0 Å². The van der Waals surface area contributed by atoms with Crippen molar-refractivity contribution in [2.75, 3.05) is 17.2 Å². The summed E-state index contributed by atoms with van der Waals surface area (Å²) >= 11 is 7.01. The zero-order valence-corrected chi connectivity index (χ0v) is 18.1. The maximum atomic E-state index is 13.8. The lowest BCUT2D eigenvalue weighted by molar-refractivity contribution is 0.102. The molecule has 2 heterocycles. The summed E-state index contributed by atoms with van der Waals surface area (Å²) in [5.41, 5.74) is 1.49. The van der Waals surface area contributed by atoms with Crippen molar-refractivity contribution in [2.24, 2.45) is 0 Å². The molecule has 0 aliphatic carbocycles. The van der Waals surface area contributed by atoms with Gasteiger partial charge in [0.05, 0.1) is 6.04 Å². The number of amides is 3. The number of carbonyl (C=O) groups is 2. The zero-order valence-electron chi connectivity index (χ0n) is 16.6. The summed E-state index contributed by atoms with van der Waals surface area (Å²) in [4.78, 5) is 26.9. The predicted octanol–water partition coefficient (Wildman–Crippen LogP) is 5.26. The molecule has 31 heavy (non-hydrogen) atoms. The SMILES string of the molecule is Cc1ccc(NC(=O)N2CCCC2c2nnc(C(=O)Nc3ccc(Cl)cc3)s2)cc1F. The van der Waals surface area contributed by atoms with Crippen LogP contribution in [-0.2, 0) is 0 Å². The van der Waals surface area contributed by atoms with Crippen LogP contribution in [0.2, 0.25) is 5.02 Å². The van der Waals surface area contributed by atoms with Gasteiger partial charge in [0.1, 0.15) is 10.8 Å². The quantitative estimate of drug-likeness (QED) is 0.557. The molecule has 2 aromatic carbocycles. The molecule has 0 saturated carbocycles. The number of nitrogens with one attached hydrogen (secondary N) is 2. The van der Waals surface area contributed by atoms with Crippen LogP contribution < -0.4 is 10.6 Å². The van der Waals surface area contributed by atoms with E-state index in [1.807, 2.05) is 0 Å². The van der Waals surface area contributed by atoms with Crippen molar-refractivity contribution in [1.29, 1.82) is 0 Å². The van der Waals surface area contributed by atoms with E-state index in [2.05, 4.69) is 20.8 Å². The van der Waals surface area contributed by atoms with Gasteiger partial charge in [0.25, 0.3) is 5.91 Å². The fourth-order valence-electron chi connectivity index (χ4n) is 3.31. The van der Waals surface area contributed by atoms with E-state index >= 15 is 0 Å². The molecule has 1 unspecified atom stereocenters. The predicted molar refractivity (Wildman–Crippen MR) is 118 cm³/mol. The van der Waals surface area contributed by atoms with Gasteiger partial charge in [-0.1, -0.05) is 29.0 Å². The normalized spacial score (nSPS) is 15.7. The maximum absolute atomic E-state index is 13.8. The number of benzene rings is 2. The first-order valence-corrected chi connectivity index (χ1v) is 10.8. The van der Waals surface area contributed by atoms with Crippen LogP contribution in [0.15, 0.2) is 42.5 Å². The number of nitrogens with zero attached hydrogens (tertiary/aromatic N) is 3. The Morgan fingerprint density at radius 1 is 1.13 bits per heavy atom. The molecule has 4 rings (SSSR count). The molecule has 1 saturated heterocycles. The van der Waals surface area contributed by atoms with Crippen LogP contribution in [0.4, 0.5) is 20.6 Å². The van der Waals surface area contributed by atoms with Crippen molar-refractivity contribution in [3.05, 3.63) is 68.9 Å². The van der Waals surface area contributed by atoms with Crippen LogP contribution in [0.25, 0.3) is 0 Å². The standard InChI is InChI=1S/C21H19ClFN5O2S/c1-12-4-7-15(11-16(12)23)25-21(30)28-10-2-3-17(28)19-26-27-20(31-19)18(29)24-14-8-5-13(22)6-9-14/h4-9,11,17H,2-3,10H2,1H3,(H,24,29)(H,25,30). The fourth-order valence-corrected chi connectivity index (χ4v) is 4.32. The van der Waals surface area contributed by atoms with Gasteiger partial charge in [-0.25, -0.2) is 9.18 Å². The van der Waals surface area contributed by atoms with Gasteiger partial charge in [0, 0.05) is 22.9 Å². The summed E-state index contributed by atoms with van der Waals surface area (Å²) in [5.74, 6) is -0.758. The highest BCUT2D eigenvalue weighted by Gasteiger charge is 2.33. The molecule has 160 valence electrons. The number of hydrogen-bond acceptors (Lipinski definition) is 5. The number of hydrogen-bond donors (Lipinski definition) is 2. The summed E-state index contributed by atoms with van der Waals surface area (Å²) < 4.78 is 13.8. The highest BCUT2D eigenvalue weighted by molar-refractivity contribution is 7.13. The van der Waals surface area contributed by atoms with Crippen molar-refractivity contribution in [3.8, 4) is 0 Å². The maximum Gasteiger partial charge on any atom is 0.322 e. The van der Waals surface area contributed by atoms with Crippen molar-refractivity contribution < 1.29 is 14.0 Å². The third kappa shape index (κ3) is 4.83. The second-order valence-corrected chi connectivity index (χ2v) is 8.60. The Bertz CT molecular complexity index is 1120. The van der Waals surface area contributed by atoms with Gasteiger partial charge < -0.3 is 15.5 Å². The number of urea groups is 1. The van der Waals surface area contributed by atoms with E-state index in [4.69, 9.17) is 11.6 Å². The summed E-state index contributed by atoms with van der Waals surface area (Å²) in [6, 6.07) is 10.7. The molecule has 1 atom stereocenters. The van der Waals surface area contributed by atoms with Crippen LogP contribution in [-0.4, -0.2) is 33.6 Å². The third-order valence-corrected chi connectivity index (χ3v) is 6.23. The number of aromatic nitrogens is 2. The van der Waals surface area contributed by atoms with Crippen molar-refractivity contribution in [3.63, 3.8) is 0 Å². The molecular weight excluding hydrogens is 441 g/mol. The molecule has 3 amide bonds. The molecule has 0 spiro atoms. The monoisotopic (exact) mass is 459 g/mol. The lowest BCUT2D eigenvalue weighted by Crippen LogP contribution is -2.34. The summed E-state index contributed by atoms with van der Waals surface area (Å²) in [5, 5.41) is 15.0. The molecule has 7 nitrogen and oxygen atoms in total. The summed E-state index contributed by atoms with van der Waals surface area (Å²) in [6.45, 7) is 2.20. The largest absolute Gasteiger partial charge is 0.322 e. The van der Waals surface area contributed by atoms with Crippen LogP contribution in [0.1, 0.15) is 39.3 Å². The van der Waals surface area contributed by atoms with Crippen LogP contribution in [0.3, 0.4) is 0 Å². The number of carbonyl (C=O) groups excluding carboxylic acids is 2. The van der Waals surface area contributed by atoms with E-state index in [0.717, 1.165) is 17.8 Å². The number of halogens is 2. The molecule has 1 aliphatic heterocycles. The number of aryl methyl sites for hydroxylation is 1. The molecule has 1 fully saturated rings. The minimum absolute atomic E-state index is 0.206. The molecule has 1 aromatic heterocycles. The minimum Gasteiger partial charge on any atom is -0.320 e. The zero-order chi connectivity index (χ0) is 22.0. The fraction of sp³-hybridized carbons (Fsp3) is 0.238. The first-order valence-electron chi connectivity index (χ1n) is 9.65. The van der Waals surface area contributed by atoms with E-state index in [-0.39, 0.29) is 28.8 Å². The molecule has 3 aromatic rings. The number of anilines is 2. The highest BCUT2D eigenvalue weighted by Crippen LogP contribution is 2.34. The minimum atomic E-state index is -0.379. The number of rotatable bonds is 4. The average Bonchev–Trinajstić information content (AvgIpc) is 3.42. The van der Waals surface area contributed by atoms with Crippen LogP contribution >= 0.6 is 22.9 Å². The van der Waals surface area contributed by atoms with Gasteiger partial charge in [-0.05, 0) is 61.7 Å². The molecule has 0 bridgehead atoms. The molecule has 10 heteroatoms. The van der Waals surface area contributed by atoms with Gasteiger partial charge in [-0.3, -0.25) is 4.79 Å². The summed E-state index contributed by atoms with van der Waals surface area (Å²) in [6.07, 6.45) is 1.51. The van der Waals surface area contributed by atoms with E-state index in [9.17, 15) is 14.0 Å². The second kappa shape index (κ2) is 8.99. The smallest absolute Gasteiger partial charge is 0.320 e. The Balaban J connectivity index is 1.44. The van der Waals surface area contributed by atoms with Crippen molar-refractivity contribution >= 4 is 46.3 Å². The lowest BCUT2D eigenvalue weighted by Gasteiger charge is -2.23. The van der Waals surface area contributed by atoms with E-state index in [1.54, 1.807) is 48.2 Å². The van der Waals surface area contributed by atoms with Gasteiger partial charge in [-0.15, -0.1) is 10.2 Å². The van der Waals surface area contributed by atoms with Gasteiger partial charge >= 0.3 is 6.03 Å². The molecule has 0 radical (unpaired) electrons. The first-order chi connectivity index (χ1) is 14.9. The van der Waals surface area contributed by atoms with E-state index in [0.29, 0.717) is 39.9 Å². The van der Waals surface area contributed by atoms with Gasteiger partial charge in [0.2, 0.25) is 5.01 Å². The number of likely N-dealkylation sites (tertiary alicyclic amines) is 1. The third-order valence-electron chi connectivity index (χ3n) is 4.96. The first kappa shape index (κ1) is 21.2. The molecule has 1 aliphatic rings. The Hall–Kier alpha value is -3.04. The van der Waals surface area contributed by atoms with Crippen LogP contribution in [0.5, 0.6) is 0 Å². The van der Waals surface area contributed by atoms with Crippen molar-refractivity contribution in [1.82, 2.24) is 15.1 Å². The Morgan fingerprint density at radius 2 is 1.87 bits per heavy atom. The molecule has 2 N–H and O–H groups in total. The summed E-state index contributed by atoms with van der Waals surface area (Å²) in [7, 11) is 0. The average molecular weight is 460 g/mol. The van der Waals surface area contributed by atoms with Crippen LogP contribution in [0, 0.1) is 12.7 Å². The topological polar surface area (TPSA) is 87.2 Å². The highest BCUT2D eigenvalue weighted by atomic mass is 35.5.